The van der Waals surface area contributed by atoms with E-state index in [1.807, 2.05) is 24.3 Å². The molecule has 0 radical (unpaired) electrons. The molecule has 1 aromatic carbocycles. The van der Waals surface area contributed by atoms with E-state index in [2.05, 4.69) is 5.32 Å². The van der Waals surface area contributed by atoms with Gasteiger partial charge in [-0.1, -0.05) is 24.3 Å². The normalized spacial score (nSPS) is 28.2. The second kappa shape index (κ2) is 7.53. The van der Waals surface area contributed by atoms with Crippen LogP contribution in [0.25, 0.3) is 0 Å². The number of carboxylic acid groups (broad SMARTS) is 1. The van der Waals surface area contributed by atoms with E-state index in [-0.39, 0.29) is 30.7 Å². The molecule has 2 aliphatic heterocycles. The number of fused-ring (bicyclic) bond motifs is 1. The number of piperidine rings is 1. The summed E-state index contributed by atoms with van der Waals surface area (Å²) in [5.41, 5.74) is 7.40. The smallest absolute Gasteiger partial charge is 0.323 e. The lowest BCUT2D eigenvalue weighted by atomic mass is 9.78. The number of Topliss-reactive ketones (excluding diaryl/α,β-unsaturated/α-hetero) is 1. The van der Waals surface area contributed by atoms with E-state index >= 15 is 0 Å². The summed E-state index contributed by atoms with van der Waals surface area (Å²) in [6.07, 6.45) is -0.0395. The number of aliphatic carboxylic acids is 1. The largest absolute Gasteiger partial charge is 0.480 e. The maximum atomic E-state index is 12.5. The summed E-state index contributed by atoms with van der Waals surface area (Å²) in [7, 11) is 1.46. The van der Waals surface area contributed by atoms with Crippen molar-refractivity contribution in [3.8, 4) is 0 Å². The minimum Gasteiger partial charge on any atom is -0.480 e. The number of ether oxygens (including phenoxy) is 1. The number of nitrogens with one attached hydrogen (secondary N) is 1. The molecule has 2 fully saturated rings. The van der Waals surface area contributed by atoms with Crippen LogP contribution < -0.4 is 11.1 Å². The van der Waals surface area contributed by atoms with Gasteiger partial charge in [-0.3, -0.25) is 19.3 Å². The van der Waals surface area contributed by atoms with Crippen LogP contribution in [0.1, 0.15) is 17.5 Å². The van der Waals surface area contributed by atoms with Crippen LogP contribution in [0.5, 0.6) is 0 Å². The molecule has 0 bridgehead atoms. The molecule has 2 saturated heterocycles. The van der Waals surface area contributed by atoms with Gasteiger partial charge in [-0.15, -0.1) is 0 Å². The van der Waals surface area contributed by atoms with Gasteiger partial charge in [-0.25, -0.2) is 0 Å². The number of ketones is 1. The molecule has 4 atom stereocenters. The van der Waals surface area contributed by atoms with Crippen LogP contribution in [0.4, 0.5) is 0 Å². The molecular weight excluding hydrogens is 338 g/mol. The summed E-state index contributed by atoms with van der Waals surface area (Å²) >= 11 is 0. The van der Waals surface area contributed by atoms with Crippen molar-refractivity contribution in [2.24, 2.45) is 5.73 Å². The van der Waals surface area contributed by atoms with Gasteiger partial charge < -0.3 is 20.9 Å². The molecule has 140 valence electrons. The second-order valence-corrected chi connectivity index (χ2v) is 6.69. The number of benzene rings is 1. The van der Waals surface area contributed by atoms with Gasteiger partial charge >= 0.3 is 5.97 Å². The molecular formula is C18H23N3O5. The van der Waals surface area contributed by atoms with E-state index in [0.29, 0.717) is 13.0 Å². The van der Waals surface area contributed by atoms with Crippen molar-refractivity contribution in [1.82, 2.24) is 10.2 Å². The molecule has 3 rings (SSSR count). The van der Waals surface area contributed by atoms with Crippen LogP contribution in [0.3, 0.4) is 0 Å². The topological polar surface area (TPSA) is 122 Å². The Balaban J connectivity index is 1.70. The van der Waals surface area contributed by atoms with E-state index in [1.165, 1.54) is 7.11 Å². The van der Waals surface area contributed by atoms with Gasteiger partial charge in [0.25, 0.3) is 0 Å². The Labute approximate surface area is 151 Å². The van der Waals surface area contributed by atoms with Gasteiger partial charge in [0.15, 0.2) is 5.78 Å². The molecule has 0 spiro atoms. The minimum atomic E-state index is -1.04. The number of carboxylic acids is 1. The van der Waals surface area contributed by atoms with Crippen molar-refractivity contribution >= 4 is 17.7 Å². The highest BCUT2D eigenvalue weighted by molar-refractivity contribution is 5.89. The summed E-state index contributed by atoms with van der Waals surface area (Å²) < 4.78 is 5.18. The first-order valence-electron chi connectivity index (χ1n) is 8.56. The molecule has 2 aliphatic rings. The number of nitrogens with zero attached hydrogens (tertiary/aromatic N) is 1. The summed E-state index contributed by atoms with van der Waals surface area (Å²) in [5.74, 6) is -1.43. The first kappa shape index (κ1) is 18.5. The lowest BCUT2D eigenvalue weighted by Gasteiger charge is -2.55. The maximum Gasteiger partial charge on any atom is 0.323 e. The SMILES string of the molecule is CO[C@@H]1C[C@H]2[C@H](NC(=O)Cc3ccccc3CN)C(C(=O)O)N2CC1=O. The molecule has 0 aliphatic carbocycles. The predicted octanol–water partition coefficient (Wildman–Crippen LogP) is -0.702. The number of nitrogens with two attached hydrogens (primary N) is 1. The number of carbonyl (C=O) groups is 3. The van der Waals surface area contributed by atoms with Gasteiger partial charge in [0.1, 0.15) is 12.1 Å². The number of amides is 1. The maximum absolute atomic E-state index is 12.5. The fourth-order valence-corrected chi connectivity index (χ4v) is 3.90. The minimum absolute atomic E-state index is 0.0303. The molecule has 1 unspecified atom stereocenters. The quantitative estimate of drug-likeness (QED) is 0.612. The molecule has 1 amide bonds. The second-order valence-electron chi connectivity index (χ2n) is 6.69. The zero-order valence-electron chi connectivity index (χ0n) is 14.6. The Hall–Kier alpha value is -2.29. The summed E-state index contributed by atoms with van der Waals surface area (Å²) in [5, 5.41) is 12.3. The molecule has 8 heteroatoms. The van der Waals surface area contributed by atoms with Gasteiger partial charge in [-0.05, 0) is 17.5 Å². The van der Waals surface area contributed by atoms with Crippen LogP contribution in [0.15, 0.2) is 24.3 Å². The standard InChI is InChI=1S/C18H23N3O5/c1-26-14-7-12-16(17(18(24)25)21(12)9-13(14)22)20-15(23)6-10-4-2-3-5-11(10)8-19/h2-5,12,14,16-17H,6-9,19H2,1H3,(H,20,23)(H,24,25)/t12-,14+,16-,17?/m0/s1. The molecule has 26 heavy (non-hydrogen) atoms. The van der Waals surface area contributed by atoms with Crippen LogP contribution in [0, 0.1) is 0 Å². The van der Waals surface area contributed by atoms with E-state index < -0.39 is 24.2 Å². The van der Waals surface area contributed by atoms with E-state index in [1.54, 1.807) is 4.90 Å². The third-order valence-electron chi connectivity index (χ3n) is 5.25. The Bertz CT molecular complexity index is 723. The number of rotatable bonds is 6. The van der Waals surface area contributed by atoms with Crippen molar-refractivity contribution in [3.05, 3.63) is 35.4 Å². The molecule has 2 heterocycles. The molecule has 0 saturated carbocycles. The number of hydrogen-bond acceptors (Lipinski definition) is 6. The Morgan fingerprint density at radius 3 is 2.65 bits per heavy atom. The highest BCUT2D eigenvalue weighted by Gasteiger charge is 2.56. The molecule has 4 N–H and O–H groups in total. The predicted molar refractivity (Wildman–Crippen MR) is 92.3 cm³/mol. The average Bonchev–Trinajstić information content (AvgIpc) is 2.60. The summed E-state index contributed by atoms with van der Waals surface area (Å²) in [4.78, 5) is 37.7. The Kier molecular flexibility index (Phi) is 5.36. The van der Waals surface area contributed by atoms with Crippen molar-refractivity contribution in [3.63, 3.8) is 0 Å². The van der Waals surface area contributed by atoms with Crippen LogP contribution in [0.2, 0.25) is 0 Å². The van der Waals surface area contributed by atoms with Crippen molar-refractivity contribution in [1.29, 1.82) is 0 Å². The van der Waals surface area contributed by atoms with Crippen LogP contribution >= 0.6 is 0 Å². The third-order valence-corrected chi connectivity index (χ3v) is 5.25. The zero-order chi connectivity index (χ0) is 18.8. The monoisotopic (exact) mass is 361 g/mol. The van der Waals surface area contributed by atoms with Gasteiger partial charge in [-0.2, -0.15) is 0 Å². The van der Waals surface area contributed by atoms with E-state index in [4.69, 9.17) is 10.5 Å². The van der Waals surface area contributed by atoms with E-state index in [9.17, 15) is 19.5 Å². The fourth-order valence-electron chi connectivity index (χ4n) is 3.90. The van der Waals surface area contributed by atoms with Gasteiger partial charge in [0.05, 0.1) is 19.0 Å². The first-order valence-corrected chi connectivity index (χ1v) is 8.56. The Morgan fingerprint density at radius 1 is 1.35 bits per heavy atom. The molecule has 8 nitrogen and oxygen atoms in total. The molecule has 1 aromatic rings. The van der Waals surface area contributed by atoms with Crippen LogP contribution in [-0.4, -0.2) is 65.6 Å². The highest BCUT2D eigenvalue weighted by atomic mass is 16.5. The van der Waals surface area contributed by atoms with Crippen molar-refractivity contribution in [2.45, 2.75) is 43.6 Å². The first-order chi connectivity index (χ1) is 12.5. The Morgan fingerprint density at radius 2 is 2.04 bits per heavy atom. The van der Waals surface area contributed by atoms with Gasteiger partial charge in [0, 0.05) is 19.7 Å². The third kappa shape index (κ3) is 3.35. The average molecular weight is 361 g/mol. The number of methoxy groups -OCH3 is 1. The molecule has 0 aromatic heterocycles. The lowest BCUT2D eigenvalue weighted by Crippen LogP contribution is -2.78. The number of carbonyl (C=O) groups excluding carboxylic acids is 2. The summed E-state index contributed by atoms with van der Waals surface area (Å²) in [6, 6.07) is 5.74. The van der Waals surface area contributed by atoms with E-state index in [0.717, 1.165) is 11.1 Å². The van der Waals surface area contributed by atoms with Crippen LogP contribution in [-0.2, 0) is 32.1 Å². The summed E-state index contributed by atoms with van der Waals surface area (Å²) in [6.45, 7) is 0.362. The van der Waals surface area contributed by atoms with Crippen molar-refractivity contribution in [2.75, 3.05) is 13.7 Å². The van der Waals surface area contributed by atoms with Gasteiger partial charge in [0.2, 0.25) is 5.91 Å². The highest BCUT2D eigenvalue weighted by Crippen LogP contribution is 2.34. The fraction of sp³-hybridized carbons (Fsp3) is 0.500. The zero-order valence-corrected chi connectivity index (χ0v) is 14.6. The number of hydrogen-bond donors (Lipinski definition) is 3. The lowest BCUT2D eigenvalue weighted by molar-refractivity contribution is -0.168. The van der Waals surface area contributed by atoms with Crippen molar-refractivity contribution < 1.29 is 24.2 Å².